The van der Waals surface area contributed by atoms with Gasteiger partial charge in [0.25, 0.3) is 0 Å². The van der Waals surface area contributed by atoms with Crippen molar-refractivity contribution in [1.82, 2.24) is 0 Å². The average molecular weight is 1520 g/mol. The van der Waals surface area contributed by atoms with Crippen LogP contribution in [0.1, 0.15) is 310 Å². The average Bonchev–Trinajstić information content (AvgIpc) is 0.901. The molecule has 0 aromatic carbocycles. The molecule has 0 aromatic heterocycles. The van der Waals surface area contributed by atoms with Gasteiger partial charge in [-0.3, -0.25) is 37.3 Å². The predicted octanol–water partition coefficient (Wildman–Crippen LogP) is 24.0. The molecule has 0 aliphatic rings. The van der Waals surface area contributed by atoms with E-state index >= 15 is 0 Å². The Kier molecular flexibility index (Phi) is 73.9. The van der Waals surface area contributed by atoms with Crippen LogP contribution < -0.4 is 0 Å². The third-order valence-electron chi connectivity index (χ3n) is 16.4. The maximum atomic E-state index is 13.1. The van der Waals surface area contributed by atoms with Gasteiger partial charge in [-0.2, -0.15) is 0 Å². The monoisotopic (exact) mass is 1520 g/mol. The van der Waals surface area contributed by atoms with Gasteiger partial charge in [-0.25, -0.2) is 9.13 Å². The maximum Gasteiger partial charge on any atom is 0.472 e. The minimum absolute atomic E-state index is 0.0281. The van der Waals surface area contributed by atoms with Gasteiger partial charge < -0.3 is 33.8 Å². The van der Waals surface area contributed by atoms with Gasteiger partial charge in [0.05, 0.1) is 26.4 Å². The summed E-state index contributed by atoms with van der Waals surface area (Å²) in [5.41, 5.74) is 0. The van der Waals surface area contributed by atoms with Gasteiger partial charge in [0, 0.05) is 25.7 Å². The number of ether oxygens (including phenoxy) is 4. The van der Waals surface area contributed by atoms with Crippen molar-refractivity contribution in [2.75, 3.05) is 39.6 Å². The molecule has 106 heavy (non-hydrogen) atoms. The molecule has 5 atom stereocenters. The van der Waals surface area contributed by atoms with Crippen molar-refractivity contribution >= 4 is 39.5 Å². The molecule has 0 fully saturated rings. The van der Waals surface area contributed by atoms with Crippen LogP contribution in [0.25, 0.3) is 0 Å². The predicted molar refractivity (Wildman–Crippen MR) is 436 cm³/mol. The summed E-state index contributed by atoms with van der Waals surface area (Å²) in [7, 11) is -10.0. The fourth-order valence-corrected chi connectivity index (χ4v) is 11.8. The summed E-state index contributed by atoms with van der Waals surface area (Å²) in [6, 6.07) is 0. The second-order valence-corrected chi connectivity index (χ2v) is 29.5. The van der Waals surface area contributed by atoms with E-state index in [0.717, 1.165) is 186 Å². The van der Waals surface area contributed by atoms with E-state index in [1.165, 1.54) is 38.5 Å². The molecule has 0 radical (unpaired) electrons. The topological polar surface area (TPSA) is 237 Å². The molecule has 0 aliphatic heterocycles. The van der Waals surface area contributed by atoms with E-state index in [2.05, 4.69) is 167 Å². The smallest absolute Gasteiger partial charge is 0.462 e. The Morgan fingerprint density at radius 1 is 0.274 bits per heavy atom. The van der Waals surface area contributed by atoms with E-state index in [4.69, 9.17) is 37.0 Å². The largest absolute Gasteiger partial charge is 0.472 e. The number of phosphoric acid groups is 2. The molecule has 0 spiro atoms. The number of aliphatic hydroxyl groups excluding tert-OH is 1. The van der Waals surface area contributed by atoms with Gasteiger partial charge >= 0.3 is 39.5 Å². The summed E-state index contributed by atoms with van der Waals surface area (Å²) >= 11 is 0. The van der Waals surface area contributed by atoms with Crippen LogP contribution in [0.3, 0.4) is 0 Å². The van der Waals surface area contributed by atoms with Gasteiger partial charge in [-0.15, -0.1) is 0 Å². The Morgan fingerprint density at radius 3 is 0.849 bits per heavy atom. The molecule has 0 saturated heterocycles. The molecule has 604 valence electrons. The number of aliphatic hydroxyl groups is 1. The lowest BCUT2D eigenvalue weighted by molar-refractivity contribution is -0.161. The van der Waals surface area contributed by atoms with E-state index < -0.39 is 97.5 Å². The fourth-order valence-electron chi connectivity index (χ4n) is 10.3. The van der Waals surface area contributed by atoms with Crippen LogP contribution >= 0.6 is 15.6 Å². The van der Waals surface area contributed by atoms with Crippen LogP contribution in [0, 0.1) is 0 Å². The quantitative estimate of drug-likeness (QED) is 0.0169. The molecule has 5 unspecified atom stereocenters. The number of unbranched alkanes of at least 4 members (excludes halogenated alkanes) is 23. The molecule has 0 bridgehead atoms. The van der Waals surface area contributed by atoms with Gasteiger partial charge in [0.2, 0.25) is 0 Å². The zero-order chi connectivity index (χ0) is 77.4. The molecular formula is C87H144O17P2. The van der Waals surface area contributed by atoms with E-state index in [0.29, 0.717) is 32.1 Å². The molecule has 0 saturated carbocycles. The Bertz CT molecular complexity index is 2630. The minimum Gasteiger partial charge on any atom is -0.462 e. The highest BCUT2D eigenvalue weighted by Gasteiger charge is 2.30. The van der Waals surface area contributed by atoms with Gasteiger partial charge in [0.1, 0.15) is 19.3 Å². The Morgan fingerprint density at radius 2 is 0.528 bits per heavy atom. The summed E-state index contributed by atoms with van der Waals surface area (Å²) in [4.78, 5) is 73.0. The van der Waals surface area contributed by atoms with E-state index in [9.17, 15) is 43.2 Å². The summed E-state index contributed by atoms with van der Waals surface area (Å²) in [5, 5.41) is 10.6. The first kappa shape index (κ1) is 101. The number of esters is 4. The Hall–Kier alpha value is -5.32. The second-order valence-electron chi connectivity index (χ2n) is 26.6. The minimum atomic E-state index is -5.00. The summed E-state index contributed by atoms with van der Waals surface area (Å²) in [6.07, 6.45) is 90.9. The van der Waals surface area contributed by atoms with Crippen molar-refractivity contribution in [1.29, 1.82) is 0 Å². The summed E-state index contributed by atoms with van der Waals surface area (Å²) < 4.78 is 68.5. The van der Waals surface area contributed by atoms with Crippen molar-refractivity contribution < 1.29 is 80.2 Å². The molecule has 0 rings (SSSR count). The number of carbonyl (C=O) groups is 4. The first-order valence-electron chi connectivity index (χ1n) is 40.7. The standard InChI is InChI=1S/C87H144O17P2/c1-5-9-13-17-21-25-29-33-36-38-40-42-45-48-51-55-59-63-67-71-84(89)97-77-82(103-86(91)73-69-65-61-57-53-47-32-28-24-20-16-12-8-4)79-101-105(93,94)99-75-81(88)76-100-106(95,96)102-80-83(104-87(92)74-70-66-62-58-54-50-44-35-31-27-23-19-15-11-7-3)78-98-85(90)72-68-64-60-56-52-49-46-43-41-39-37-34-30-26-22-18-14-10-6-2/h9,13,16,20-23,25-28,32-37,40-44,48,51,59,63,81-83,88H,5-8,10-12,14-15,17-19,24,29-31,38-39,45-47,49-50,52-58,60-62,64-80H2,1-4H3,(H,93,94)(H,95,96)/b13-9-,20-16-,25-21-,26-22-,27-23-,32-28-,36-33-,37-34-,42-40-,43-41-,44-35-,51-48-,63-59-. The van der Waals surface area contributed by atoms with Crippen LogP contribution in [0.2, 0.25) is 0 Å². The van der Waals surface area contributed by atoms with Crippen molar-refractivity contribution in [2.24, 2.45) is 0 Å². The molecule has 0 heterocycles. The van der Waals surface area contributed by atoms with Crippen LogP contribution in [0.5, 0.6) is 0 Å². The van der Waals surface area contributed by atoms with Crippen molar-refractivity contribution in [3.05, 3.63) is 158 Å². The SMILES string of the molecule is CC/C=C\C/C=C\C/C=C\C/C=C\C/C=C\C/C=C\CCC(=O)OCC(COP(=O)(O)OCC(O)COP(=O)(O)OCC(COC(=O)CCCCCCCC/C=C\C/C=C\C/C=C\CCCCC)OC(=O)CCCCCCC/C=C\C/C=C\CCCCC)OC(=O)CCCCCCC/C=C\C/C=C\CCC. The first-order valence-corrected chi connectivity index (χ1v) is 43.7. The van der Waals surface area contributed by atoms with Gasteiger partial charge in [0.15, 0.2) is 12.2 Å². The van der Waals surface area contributed by atoms with Crippen molar-refractivity contribution in [3.63, 3.8) is 0 Å². The number of hydrogen-bond donors (Lipinski definition) is 3. The Balaban J connectivity index is 5.44. The molecule has 3 N–H and O–H groups in total. The van der Waals surface area contributed by atoms with Crippen LogP contribution in [0.4, 0.5) is 0 Å². The zero-order valence-electron chi connectivity index (χ0n) is 66.1. The third kappa shape index (κ3) is 76.9. The lowest BCUT2D eigenvalue weighted by Gasteiger charge is -2.21. The fraction of sp³-hybridized carbons (Fsp3) is 0.655. The molecule has 19 heteroatoms. The van der Waals surface area contributed by atoms with Crippen LogP contribution in [0.15, 0.2) is 158 Å². The number of hydrogen-bond acceptors (Lipinski definition) is 15. The lowest BCUT2D eigenvalue weighted by Crippen LogP contribution is -2.30. The number of allylic oxidation sites excluding steroid dienone is 26. The highest BCUT2D eigenvalue weighted by atomic mass is 31.2. The third-order valence-corrected chi connectivity index (χ3v) is 18.3. The lowest BCUT2D eigenvalue weighted by atomic mass is 10.1. The van der Waals surface area contributed by atoms with E-state index in [-0.39, 0.29) is 25.7 Å². The first-order chi connectivity index (χ1) is 51.7. The normalized spacial score (nSPS) is 14.7. The van der Waals surface area contributed by atoms with Crippen LogP contribution in [-0.2, 0) is 65.4 Å². The second kappa shape index (κ2) is 77.8. The number of rotatable bonds is 75. The highest BCUT2D eigenvalue weighted by molar-refractivity contribution is 7.47. The van der Waals surface area contributed by atoms with E-state index in [1.807, 2.05) is 18.2 Å². The van der Waals surface area contributed by atoms with Gasteiger partial charge in [-0.1, -0.05) is 282 Å². The maximum absolute atomic E-state index is 13.1. The number of carbonyl (C=O) groups excluding carboxylic acids is 4. The van der Waals surface area contributed by atoms with Gasteiger partial charge in [-0.05, 0) is 161 Å². The van der Waals surface area contributed by atoms with E-state index in [1.54, 1.807) is 0 Å². The van der Waals surface area contributed by atoms with Crippen molar-refractivity contribution in [3.8, 4) is 0 Å². The number of phosphoric ester groups is 2. The molecule has 17 nitrogen and oxygen atoms in total. The Labute approximate surface area is 642 Å². The van der Waals surface area contributed by atoms with Crippen LogP contribution in [-0.4, -0.2) is 96.7 Å². The molecular weight excluding hydrogens is 1380 g/mol. The molecule has 0 aromatic rings. The summed E-state index contributed by atoms with van der Waals surface area (Å²) in [5.74, 6) is -2.32. The van der Waals surface area contributed by atoms with Crippen molar-refractivity contribution in [2.45, 2.75) is 329 Å². The molecule has 0 amide bonds. The molecule has 0 aliphatic carbocycles. The summed E-state index contributed by atoms with van der Waals surface area (Å²) in [6.45, 7) is 4.51. The highest BCUT2D eigenvalue weighted by Crippen LogP contribution is 2.45. The zero-order valence-corrected chi connectivity index (χ0v) is 67.8.